The Labute approximate surface area is 129 Å². The van der Waals surface area contributed by atoms with Gasteiger partial charge in [-0.15, -0.1) is 0 Å². The zero-order valence-corrected chi connectivity index (χ0v) is 12.7. The summed E-state index contributed by atoms with van der Waals surface area (Å²) in [6, 6.07) is 6.16. The van der Waals surface area contributed by atoms with E-state index < -0.39 is 0 Å². The summed E-state index contributed by atoms with van der Waals surface area (Å²) >= 11 is 6.26. The van der Waals surface area contributed by atoms with Gasteiger partial charge in [-0.3, -0.25) is 9.69 Å². The molecule has 1 aliphatic rings. The minimum atomic E-state index is 0.457. The third kappa shape index (κ3) is 3.39. The number of rotatable bonds is 5. The monoisotopic (exact) mass is 305 g/mol. The number of amides is 1. The van der Waals surface area contributed by atoms with Gasteiger partial charge in [-0.25, -0.2) is 0 Å². The van der Waals surface area contributed by atoms with Crippen molar-refractivity contribution in [3.8, 4) is 0 Å². The molecule has 0 saturated carbocycles. The molecule has 0 spiro atoms. The van der Waals surface area contributed by atoms with Gasteiger partial charge in [0.1, 0.15) is 0 Å². The highest BCUT2D eigenvalue weighted by Crippen LogP contribution is 2.25. The Morgan fingerprint density at radius 2 is 2.05 bits per heavy atom. The number of piperidine rings is 1. The van der Waals surface area contributed by atoms with Crippen LogP contribution >= 0.6 is 11.6 Å². The van der Waals surface area contributed by atoms with Gasteiger partial charge in [0, 0.05) is 34.7 Å². The third-order valence-electron chi connectivity index (χ3n) is 4.06. The molecule has 1 fully saturated rings. The van der Waals surface area contributed by atoms with Crippen molar-refractivity contribution >= 4 is 28.9 Å². The Morgan fingerprint density at radius 3 is 2.81 bits per heavy atom. The van der Waals surface area contributed by atoms with E-state index in [1.54, 1.807) is 0 Å². The highest BCUT2D eigenvalue weighted by molar-refractivity contribution is 6.32. The van der Waals surface area contributed by atoms with E-state index in [-0.39, 0.29) is 0 Å². The van der Waals surface area contributed by atoms with E-state index in [0.29, 0.717) is 18.0 Å². The summed E-state index contributed by atoms with van der Waals surface area (Å²) < 4.78 is 0. The summed E-state index contributed by atoms with van der Waals surface area (Å²) in [4.78, 5) is 16.4. The molecule has 112 valence electrons. The van der Waals surface area contributed by atoms with Crippen molar-refractivity contribution < 1.29 is 4.79 Å². The topological polar surface area (TPSA) is 48.1 Å². The fraction of sp³-hybridized carbons (Fsp3) is 0.438. The first kappa shape index (κ1) is 14.4. The van der Waals surface area contributed by atoms with Crippen LogP contribution in [0.4, 0.5) is 0 Å². The van der Waals surface area contributed by atoms with Crippen LogP contribution in [-0.4, -0.2) is 29.4 Å². The number of nitrogens with zero attached hydrogens (tertiary/aromatic N) is 1. The van der Waals surface area contributed by atoms with Crippen LogP contribution in [0.25, 0.3) is 10.9 Å². The number of carbonyl (C=O) groups excluding carboxylic acids is 1. The first-order chi connectivity index (χ1) is 10.3. The van der Waals surface area contributed by atoms with Crippen molar-refractivity contribution in [1.29, 1.82) is 0 Å². The van der Waals surface area contributed by atoms with Crippen LogP contribution in [0, 0.1) is 0 Å². The van der Waals surface area contributed by atoms with Crippen molar-refractivity contribution in [1.82, 2.24) is 15.2 Å². The predicted octanol–water partition coefficient (Wildman–Crippen LogP) is 3.05. The number of nitrogens with one attached hydrogen (secondary N) is 2. The highest BCUT2D eigenvalue weighted by Gasteiger charge is 2.12. The second-order valence-corrected chi connectivity index (χ2v) is 6.07. The number of benzene rings is 1. The first-order valence-corrected chi connectivity index (χ1v) is 7.83. The van der Waals surface area contributed by atoms with E-state index in [1.807, 2.05) is 12.1 Å². The van der Waals surface area contributed by atoms with Gasteiger partial charge in [0.15, 0.2) is 0 Å². The summed E-state index contributed by atoms with van der Waals surface area (Å²) in [5.74, 6) is 0. The lowest BCUT2D eigenvalue weighted by Crippen LogP contribution is -2.29. The Hall–Kier alpha value is -1.52. The number of halogens is 1. The zero-order valence-electron chi connectivity index (χ0n) is 12.0. The maximum atomic E-state index is 10.4. The molecule has 0 radical (unpaired) electrons. The molecule has 3 rings (SSSR count). The Balaban J connectivity index is 1.80. The van der Waals surface area contributed by atoms with E-state index >= 15 is 0 Å². The lowest BCUT2D eigenvalue weighted by Gasteiger charge is -2.25. The number of fused-ring (bicyclic) bond motifs is 1. The average molecular weight is 306 g/mol. The minimum absolute atomic E-state index is 0.457. The van der Waals surface area contributed by atoms with E-state index in [4.69, 9.17) is 11.6 Å². The molecular formula is C16H20ClN3O. The number of aromatic nitrogens is 1. The molecule has 5 heteroatoms. The number of likely N-dealkylation sites (tertiary alicyclic amines) is 1. The summed E-state index contributed by atoms with van der Waals surface area (Å²) in [6.45, 7) is 3.79. The fourth-order valence-corrected chi connectivity index (χ4v) is 3.23. The molecule has 2 heterocycles. The zero-order chi connectivity index (χ0) is 14.7. The van der Waals surface area contributed by atoms with Gasteiger partial charge in [0.05, 0.1) is 0 Å². The van der Waals surface area contributed by atoms with Crippen LogP contribution in [0.3, 0.4) is 0 Å². The Morgan fingerprint density at radius 1 is 1.24 bits per heavy atom. The maximum Gasteiger partial charge on any atom is 0.207 e. The predicted molar refractivity (Wildman–Crippen MR) is 85.3 cm³/mol. The van der Waals surface area contributed by atoms with Crippen molar-refractivity contribution in [2.45, 2.75) is 32.4 Å². The highest BCUT2D eigenvalue weighted by atomic mass is 35.5. The Bertz CT molecular complexity index is 632. The van der Waals surface area contributed by atoms with Crippen LogP contribution in [0.15, 0.2) is 18.2 Å². The molecule has 1 amide bonds. The standard InChI is InChI=1S/C16H20ClN3O/c17-15-7-12-6-14(10-20-4-2-1-3-5-20)19-16(12)8-13(15)9-18-11-21/h6-8,11,19H,1-5,9-10H2,(H,18,21). The van der Waals surface area contributed by atoms with Crippen molar-refractivity contribution in [2.24, 2.45) is 0 Å². The molecule has 1 aromatic heterocycles. The first-order valence-electron chi connectivity index (χ1n) is 7.45. The molecule has 0 bridgehead atoms. The fourth-order valence-electron chi connectivity index (χ4n) is 2.99. The van der Waals surface area contributed by atoms with Gasteiger partial charge in [-0.2, -0.15) is 0 Å². The third-order valence-corrected chi connectivity index (χ3v) is 4.41. The van der Waals surface area contributed by atoms with Crippen LogP contribution < -0.4 is 5.32 Å². The molecule has 0 atom stereocenters. The van der Waals surface area contributed by atoms with Crippen molar-refractivity contribution in [2.75, 3.05) is 13.1 Å². The molecule has 21 heavy (non-hydrogen) atoms. The van der Waals surface area contributed by atoms with E-state index in [0.717, 1.165) is 23.0 Å². The van der Waals surface area contributed by atoms with E-state index in [9.17, 15) is 4.79 Å². The average Bonchev–Trinajstić information content (AvgIpc) is 2.87. The van der Waals surface area contributed by atoms with Crippen LogP contribution in [0.2, 0.25) is 5.02 Å². The van der Waals surface area contributed by atoms with Crippen LogP contribution in [0.5, 0.6) is 0 Å². The van der Waals surface area contributed by atoms with Gasteiger partial charge in [-0.05, 0) is 49.7 Å². The SMILES string of the molecule is O=CNCc1cc2[nH]c(CN3CCCCC3)cc2cc1Cl. The smallest absolute Gasteiger partial charge is 0.207 e. The van der Waals surface area contributed by atoms with Gasteiger partial charge < -0.3 is 10.3 Å². The van der Waals surface area contributed by atoms with Gasteiger partial charge >= 0.3 is 0 Å². The summed E-state index contributed by atoms with van der Waals surface area (Å²) in [6.07, 6.45) is 4.64. The van der Waals surface area contributed by atoms with Gasteiger partial charge in [0.2, 0.25) is 6.41 Å². The molecule has 4 nitrogen and oxygen atoms in total. The number of carbonyl (C=O) groups is 1. The van der Waals surface area contributed by atoms with Crippen molar-refractivity contribution in [3.63, 3.8) is 0 Å². The molecule has 2 N–H and O–H groups in total. The van der Waals surface area contributed by atoms with E-state index in [1.165, 1.54) is 38.0 Å². The van der Waals surface area contributed by atoms with Crippen LogP contribution in [-0.2, 0) is 17.9 Å². The Kier molecular flexibility index (Phi) is 4.46. The minimum Gasteiger partial charge on any atom is -0.357 e. The maximum absolute atomic E-state index is 10.4. The van der Waals surface area contributed by atoms with Crippen molar-refractivity contribution in [3.05, 3.63) is 34.5 Å². The van der Waals surface area contributed by atoms with Gasteiger partial charge in [-0.1, -0.05) is 18.0 Å². The molecule has 1 aliphatic heterocycles. The molecule has 1 aromatic carbocycles. The summed E-state index contributed by atoms with van der Waals surface area (Å²) in [5, 5.41) is 4.48. The quantitative estimate of drug-likeness (QED) is 0.834. The summed E-state index contributed by atoms with van der Waals surface area (Å²) in [7, 11) is 0. The number of hydrogen-bond donors (Lipinski definition) is 2. The normalized spacial score (nSPS) is 16.2. The number of H-pyrrole nitrogens is 1. The van der Waals surface area contributed by atoms with E-state index in [2.05, 4.69) is 21.3 Å². The number of aromatic amines is 1. The molecular weight excluding hydrogens is 286 g/mol. The van der Waals surface area contributed by atoms with Gasteiger partial charge in [0.25, 0.3) is 0 Å². The van der Waals surface area contributed by atoms with Crippen LogP contribution in [0.1, 0.15) is 30.5 Å². The largest absolute Gasteiger partial charge is 0.357 e. The number of hydrogen-bond acceptors (Lipinski definition) is 2. The lowest BCUT2D eigenvalue weighted by atomic mass is 10.1. The molecule has 1 saturated heterocycles. The molecule has 0 unspecified atom stereocenters. The lowest BCUT2D eigenvalue weighted by molar-refractivity contribution is -0.109. The second-order valence-electron chi connectivity index (χ2n) is 5.66. The molecule has 2 aromatic rings. The molecule has 0 aliphatic carbocycles. The summed E-state index contributed by atoms with van der Waals surface area (Å²) in [5.41, 5.74) is 3.24. The second kappa shape index (κ2) is 6.50.